The lowest BCUT2D eigenvalue weighted by atomic mass is 9.83. The molecule has 0 spiro atoms. The summed E-state index contributed by atoms with van der Waals surface area (Å²) in [5.74, 6) is -0.217. The summed E-state index contributed by atoms with van der Waals surface area (Å²) in [7, 11) is -7.92. The van der Waals surface area contributed by atoms with Gasteiger partial charge in [-0.15, -0.1) is 0 Å². The molecule has 2 aliphatic rings. The average molecular weight is 855 g/mol. The largest absolute Gasteiger partial charge is 0.417 e. The van der Waals surface area contributed by atoms with Gasteiger partial charge in [-0.05, 0) is 97.3 Å². The van der Waals surface area contributed by atoms with E-state index in [1.54, 1.807) is 31.4 Å². The summed E-state index contributed by atoms with van der Waals surface area (Å²) < 4.78 is 68.9. The van der Waals surface area contributed by atoms with E-state index < -0.39 is 52.9 Å². The molecule has 56 heavy (non-hydrogen) atoms. The zero-order valence-corrected chi connectivity index (χ0v) is 42.0. The van der Waals surface area contributed by atoms with Crippen LogP contribution in [0.15, 0.2) is 47.4 Å². The Hall–Kier alpha value is -0.679. The Morgan fingerprint density at radius 3 is 2.00 bits per heavy atom. The van der Waals surface area contributed by atoms with Crippen molar-refractivity contribution >= 4 is 34.8 Å². The predicted octanol–water partition coefficient (Wildman–Crippen LogP) is 11.2. The maximum Gasteiger partial charge on any atom is 0.192 e. The molecule has 1 aromatic carbocycles. The first kappa shape index (κ1) is 49.7. The van der Waals surface area contributed by atoms with Gasteiger partial charge in [-0.1, -0.05) is 94.0 Å². The van der Waals surface area contributed by atoms with Gasteiger partial charge in [-0.25, -0.2) is 8.42 Å². The van der Waals surface area contributed by atoms with Crippen molar-refractivity contribution in [2.24, 2.45) is 11.8 Å². The molecule has 3 rings (SSSR count). The van der Waals surface area contributed by atoms with Gasteiger partial charge in [-0.3, -0.25) is 0 Å². The van der Waals surface area contributed by atoms with Crippen LogP contribution < -0.4 is 0 Å². The Morgan fingerprint density at radius 2 is 1.46 bits per heavy atom. The van der Waals surface area contributed by atoms with E-state index in [-0.39, 0.29) is 46.2 Å². The molecule has 1 aromatic rings. The van der Waals surface area contributed by atoms with E-state index in [4.69, 9.17) is 27.5 Å². The zero-order valence-electron chi connectivity index (χ0n) is 38.2. The highest BCUT2D eigenvalue weighted by atomic mass is 32.2. The standard InChI is InChI=1S/C44H82O8SSi3/c1-17-56(18-2,19-3)48-27-23-24-35-28-33(4)34(5)39(50-35)30-40-38(32-53(45,46)37-25-21-20-22-26-37)42(47-12)41(51-40)29-36(52-55(15,16)44(9,10)11)31-49-54(13,14)43(6,7)8/h20-22,25-26,33,35-36,38-42H,5,17-19,23-24,27-32H2,1-4,6-16H3/t33?,35-,36?,38?,39+,40-,41+,42+/m0/s1. The molecule has 8 atom stereocenters. The summed E-state index contributed by atoms with van der Waals surface area (Å²) in [5, 5.41) is 0.0477. The van der Waals surface area contributed by atoms with Crippen LogP contribution in [0, 0.1) is 11.8 Å². The molecule has 0 aromatic heterocycles. The van der Waals surface area contributed by atoms with E-state index in [0.717, 1.165) is 49.6 Å². The van der Waals surface area contributed by atoms with Gasteiger partial charge < -0.3 is 27.5 Å². The van der Waals surface area contributed by atoms with Crippen LogP contribution >= 0.6 is 0 Å². The molecule has 2 fully saturated rings. The quantitative estimate of drug-likeness (QED) is 0.0686. The Labute approximate surface area is 346 Å². The third-order valence-electron chi connectivity index (χ3n) is 14.1. The smallest absolute Gasteiger partial charge is 0.192 e. The summed E-state index contributed by atoms with van der Waals surface area (Å²) in [4.78, 5) is 0.314. The maximum absolute atomic E-state index is 14.1. The van der Waals surface area contributed by atoms with Gasteiger partial charge in [0.15, 0.2) is 34.8 Å². The monoisotopic (exact) mass is 855 g/mol. The zero-order chi connectivity index (χ0) is 42.3. The van der Waals surface area contributed by atoms with Gasteiger partial charge in [0.1, 0.15) is 0 Å². The second-order valence-corrected chi connectivity index (χ2v) is 36.3. The molecule has 2 heterocycles. The van der Waals surface area contributed by atoms with E-state index in [2.05, 4.69) is 102 Å². The number of hydrogen-bond donors (Lipinski definition) is 0. The van der Waals surface area contributed by atoms with Crippen LogP contribution in [0.2, 0.25) is 54.4 Å². The highest BCUT2D eigenvalue weighted by Gasteiger charge is 2.50. The van der Waals surface area contributed by atoms with Crippen LogP contribution in [0.25, 0.3) is 0 Å². The SMILES string of the molecule is C=C1C(C)C[C@H](CCCO[Si](CC)(CC)CC)O[C@@H]1C[C@@H]1O[C@H](CC(CO[Si](C)(C)C(C)(C)C)O[Si](C)(C)C(C)(C)C)[C@H](OC)C1CS(=O)(=O)c1ccccc1. The highest BCUT2D eigenvalue weighted by Crippen LogP contribution is 2.43. The van der Waals surface area contributed by atoms with Gasteiger partial charge in [-0.2, -0.15) is 0 Å². The molecular formula is C44H82O8SSi3. The van der Waals surface area contributed by atoms with Gasteiger partial charge in [0.2, 0.25) is 0 Å². The first-order valence-electron chi connectivity index (χ1n) is 21.6. The van der Waals surface area contributed by atoms with Gasteiger partial charge in [0.25, 0.3) is 0 Å². The van der Waals surface area contributed by atoms with Crippen molar-refractivity contribution in [3.63, 3.8) is 0 Å². The van der Waals surface area contributed by atoms with E-state index in [1.165, 1.54) is 0 Å². The number of methoxy groups -OCH3 is 1. The van der Waals surface area contributed by atoms with Crippen LogP contribution in [0.1, 0.15) is 101 Å². The third kappa shape index (κ3) is 12.9. The predicted molar refractivity (Wildman–Crippen MR) is 240 cm³/mol. The fourth-order valence-corrected chi connectivity index (χ4v) is 14.6. The summed E-state index contributed by atoms with van der Waals surface area (Å²) in [5.41, 5.74) is 1.06. The lowest BCUT2D eigenvalue weighted by Gasteiger charge is -2.42. The minimum atomic E-state index is -3.65. The minimum Gasteiger partial charge on any atom is -0.417 e. The normalized spacial score (nSPS) is 26.5. The molecule has 0 aliphatic carbocycles. The fraction of sp³-hybridized carbons (Fsp3) is 0.818. The number of hydrogen-bond acceptors (Lipinski definition) is 8. The Bertz CT molecular complexity index is 1460. The fourth-order valence-electron chi connectivity index (χ4n) is 7.83. The maximum atomic E-state index is 14.1. The molecular weight excluding hydrogens is 773 g/mol. The third-order valence-corrected chi connectivity index (χ3v) is 29.6. The number of ether oxygens (including phenoxy) is 3. The summed E-state index contributed by atoms with van der Waals surface area (Å²) in [6.45, 7) is 37.4. The van der Waals surface area contributed by atoms with Crippen molar-refractivity contribution < 1.29 is 35.9 Å². The Morgan fingerprint density at radius 1 is 0.875 bits per heavy atom. The molecule has 8 nitrogen and oxygen atoms in total. The minimum absolute atomic E-state index is 0.000640. The van der Waals surface area contributed by atoms with Gasteiger partial charge >= 0.3 is 0 Å². The topological polar surface area (TPSA) is 89.5 Å². The molecule has 0 bridgehead atoms. The van der Waals surface area contributed by atoms with E-state index >= 15 is 0 Å². The second kappa shape index (κ2) is 20.3. The first-order valence-corrected chi connectivity index (χ1v) is 31.6. The number of sulfone groups is 1. The van der Waals surface area contributed by atoms with E-state index in [1.807, 2.05) is 6.07 Å². The number of benzene rings is 1. The van der Waals surface area contributed by atoms with Crippen LogP contribution in [0.5, 0.6) is 0 Å². The van der Waals surface area contributed by atoms with Crippen molar-refractivity contribution in [1.29, 1.82) is 0 Å². The molecule has 0 saturated carbocycles. The molecule has 2 saturated heterocycles. The second-order valence-electron chi connectivity index (χ2n) is 19.9. The summed E-state index contributed by atoms with van der Waals surface area (Å²) in [6.07, 6.45) is 2.22. The first-order chi connectivity index (χ1) is 25.9. The summed E-state index contributed by atoms with van der Waals surface area (Å²) in [6, 6.07) is 12.2. The van der Waals surface area contributed by atoms with Gasteiger partial charge in [0.05, 0.1) is 53.9 Å². The van der Waals surface area contributed by atoms with Crippen LogP contribution in [-0.4, -0.2) is 96.1 Å². The van der Waals surface area contributed by atoms with Crippen LogP contribution in [-0.2, 0) is 37.3 Å². The van der Waals surface area contributed by atoms with E-state index in [9.17, 15) is 8.42 Å². The lowest BCUT2D eigenvalue weighted by molar-refractivity contribution is -0.0759. The lowest BCUT2D eigenvalue weighted by Crippen LogP contribution is -2.49. The molecule has 0 radical (unpaired) electrons. The summed E-state index contributed by atoms with van der Waals surface area (Å²) >= 11 is 0. The highest BCUT2D eigenvalue weighted by molar-refractivity contribution is 7.91. The molecule has 2 aliphatic heterocycles. The molecule has 3 unspecified atom stereocenters. The Balaban J connectivity index is 1.92. The van der Waals surface area contributed by atoms with Crippen molar-refractivity contribution in [2.45, 2.75) is 197 Å². The molecule has 324 valence electrons. The van der Waals surface area contributed by atoms with Crippen molar-refractivity contribution in [2.75, 3.05) is 26.1 Å². The van der Waals surface area contributed by atoms with Gasteiger partial charge in [0, 0.05) is 32.5 Å². The average Bonchev–Trinajstić information content (AvgIpc) is 3.42. The van der Waals surface area contributed by atoms with Crippen molar-refractivity contribution in [3.05, 3.63) is 42.5 Å². The van der Waals surface area contributed by atoms with Crippen LogP contribution in [0.3, 0.4) is 0 Å². The van der Waals surface area contributed by atoms with Crippen LogP contribution in [0.4, 0.5) is 0 Å². The molecule has 12 heteroatoms. The van der Waals surface area contributed by atoms with Crippen molar-refractivity contribution in [1.82, 2.24) is 0 Å². The Kier molecular flexibility index (Phi) is 18.0. The molecule has 0 amide bonds. The van der Waals surface area contributed by atoms with Crippen molar-refractivity contribution in [3.8, 4) is 0 Å². The van der Waals surface area contributed by atoms with E-state index in [0.29, 0.717) is 24.3 Å². The number of rotatable bonds is 21. The molecule has 0 N–H and O–H groups in total.